The number of hydrogen-bond acceptors (Lipinski definition) is 3. The maximum absolute atomic E-state index is 13.3. The van der Waals surface area contributed by atoms with Gasteiger partial charge in [-0.25, -0.2) is 9.50 Å². The Morgan fingerprint density at radius 3 is 2.46 bits per heavy atom. The third-order valence-electron chi connectivity index (χ3n) is 3.62. The van der Waals surface area contributed by atoms with Crippen LogP contribution in [0.25, 0.3) is 16.8 Å². The van der Waals surface area contributed by atoms with Gasteiger partial charge in [0.1, 0.15) is 11.4 Å². The lowest BCUT2D eigenvalue weighted by atomic mass is 10.1. The molecular weight excluding hydrogens is 343 g/mol. The van der Waals surface area contributed by atoms with Crippen molar-refractivity contribution in [3.63, 3.8) is 0 Å². The van der Waals surface area contributed by atoms with Gasteiger partial charge in [-0.15, -0.1) is 0 Å². The van der Waals surface area contributed by atoms with Gasteiger partial charge in [0, 0.05) is 11.3 Å². The van der Waals surface area contributed by atoms with E-state index in [2.05, 4.69) is 10.1 Å². The van der Waals surface area contributed by atoms with Crippen molar-refractivity contribution in [1.29, 1.82) is 0 Å². The molecule has 2 heterocycles. The Kier molecular flexibility index (Phi) is 3.91. The lowest BCUT2D eigenvalue weighted by Crippen LogP contribution is -2.13. The molecule has 0 bridgehead atoms. The van der Waals surface area contributed by atoms with E-state index in [4.69, 9.17) is 16.3 Å². The van der Waals surface area contributed by atoms with Crippen molar-refractivity contribution in [2.45, 2.75) is 20.0 Å². The number of nitrogens with zero attached hydrogens (tertiary/aromatic N) is 3. The molecule has 2 aromatic heterocycles. The van der Waals surface area contributed by atoms with E-state index >= 15 is 0 Å². The predicted octanol–water partition coefficient (Wildman–Crippen LogP) is 4.69. The summed E-state index contributed by atoms with van der Waals surface area (Å²) in [6, 6.07) is 5.97. The van der Waals surface area contributed by atoms with Crippen LogP contribution in [0.3, 0.4) is 0 Å². The molecule has 1 aromatic carbocycles. The van der Waals surface area contributed by atoms with Crippen LogP contribution in [0.1, 0.15) is 17.1 Å². The van der Waals surface area contributed by atoms with Gasteiger partial charge in [-0.1, -0.05) is 17.7 Å². The largest absolute Gasteiger partial charge is 0.495 e. The minimum Gasteiger partial charge on any atom is -0.495 e. The lowest BCUT2D eigenvalue weighted by Gasteiger charge is -2.10. The molecule has 0 fully saturated rings. The normalized spacial score (nSPS) is 12.0. The highest BCUT2D eigenvalue weighted by atomic mass is 35.5. The van der Waals surface area contributed by atoms with Crippen LogP contribution in [0.2, 0.25) is 5.02 Å². The van der Waals surface area contributed by atoms with Crippen molar-refractivity contribution in [2.75, 3.05) is 7.11 Å². The molecule has 0 N–H and O–H groups in total. The second-order valence-electron chi connectivity index (χ2n) is 5.33. The standard InChI is InChI=1S/C16H13ClF3N3O/c1-8-6-13(16(18,19)20)23-15(21-8)14(9(2)22-23)10-4-5-12(24-3)11(17)7-10/h4-7H,1-3H3. The second-order valence-corrected chi connectivity index (χ2v) is 5.73. The van der Waals surface area contributed by atoms with E-state index in [0.29, 0.717) is 27.6 Å². The third kappa shape index (κ3) is 2.69. The molecule has 24 heavy (non-hydrogen) atoms. The maximum Gasteiger partial charge on any atom is 0.433 e. The molecule has 3 rings (SSSR count). The minimum atomic E-state index is -4.53. The highest BCUT2D eigenvalue weighted by Crippen LogP contribution is 2.36. The molecule has 0 aliphatic rings. The molecule has 3 aromatic rings. The lowest BCUT2D eigenvalue weighted by molar-refractivity contribution is -0.142. The minimum absolute atomic E-state index is 0.140. The fourth-order valence-corrected chi connectivity index (χ4v) is 2.86. The molecule has 8 heteroatoms. The molecule has 0 aliphatic heterocycles. The fourth-order valence-electron chi connectivity index (χ4n) is 2.61. The van der Waals surface area contributed by atoms with Gasteiger partial charge in [-0.05, 0) is 37.6 Å². The summed E-state index contributed by atoms with van der Waals surface area (Å²) in [5.41, 5.74) is 1.10. The van der Waals surface area contributed by atoms with Crippen LogP contribution >= 0.6 is 11.6 Å². The summed E-state index contributed by atoms with van der Waals surface area (Å²) in [5.74, 6) is 0.481. The maximum atomic E-state index is 13.3. The number of hydrogen-bond donors (Lipinski definition) is 0. The Hall–Kier alpha value is -2.28. The third-order valence-corrected chi connectivity index (χ3v) is 3.92. The van der Waals surface area contributed by atoms with Crippen molar-refractivity contribution in [1.82, 2.24) is 14.6 Å². The summed E-state index contributed by atoms with van der Waals surface area (Å²) < 4.78 is 45.8. The van der Waals surface area contributed by atoms with Crippen molar-refractivity contribution >= 4 is 17.2 Å². The Labute approximate surface area is 140 Å². The van der Waals surface area contributed by atoms with E-state index < -0.39 is 11.9 Å². The number of alkyl halides is 3. The van der Waals surface area contributed by atoms with Crippen LogP contribution < -0.4 is 4.74 Å². The summed E-state index contributed by atoms with van der Waals surface area (Å²) in [6.07, 6.45) is -4.53. The van der Waals surface area contributed by atoms with Crippen LogP contribution in [0.4, 0.5) is 13.2 Å². The zero-order chi connectivity index (χ0) is 17.6. The van der Waals surface area contributed by atoms with Crippen LogP contribution in [-0.4, -0.2) is 21.7 Å². The number of benzene rings is 1. The number of halogens is 4. The van der Waals surface area contributed by atoms with Crippen LogP contribution in [0, 0.1) is 13.8 Å². The Bertz CT molecular complexity index is 934. The summed E-state index contributed by atoms with van der Waals surface area (Å²) in [6.45, 7) is 3.15. The predicted molar refractivity (Wildman–Crippen MR) is 84.5 cm³/mol. The molecule has 0 aliphatic carbocycles. The van der Waals surface area contributed by atoms with Crippen molar-refractivity contribution in [2.24, 2.45) is 0 Å². The molecular formula is C16H13ClF3N3O. The Balaban J connectivity index is 2.32. The first-order chi connectivity index (χ1) is 11.2. The van der Waals surface area contributed by atoms with Gasteiger partial charge in [-0.3, -0.25) is 0 Å². The average Bonchev–Trinajstić information content (AvgIpc) is 2.81. The molecule has 4 nitrogen and oxygen atoms in total. The van der Waals surface area contributed by atoms with Crippen LogP contribution in [0.15, 0.2) is 24.3 Å². The van der Waals surface area contributed by atoms with E-state index in [1.54, 1.807) is 25.1 Å². The summed E-state index contributed by atoms with van der Waals surface area (Å²) in [4.78, 5) is 4.25. The van der Waals surface area contributed by atoms with Crippen molar-refractivity contribution in [3.8, 4) is 16.9 Å². The molecule has 0 saturated carbocycles. The Morgan fingerprint density at radius 1 is 1.17 bits per heavy atom. The van der Waals surface area contributed by atoms with E-state index in [-0.39, 0.29) is 11.3 Å². The van der Waals surface area contributed by atoms with Gasteiger partial charge in [0.2, 0.25) is 0 Å². The molecule has 0 amide bonds. The number of ether oxygens (including phenoxy) is 1. The first-order valence-corrected chi connectivity index (χ1v) is 7.38. The van der Waals surface area contributed by atoms with Gasteiger partial charge >= 0.3 is 6.18 Å². The quantitative estimate of drug-likeness (QED) is 0.669. The number of fused-ring (bicyclic) bond motifs is 1. The van der Waals surface area contributed by atoms with Gasteiger partial charge in [0.15, 0.2) is 5.65 Å². The molecule has 126 valence electrons. The van der Waals surface area contributed by atoms with Gasteiger partial charge in [0.05, 0.1) is 17.8 Å². The SMILES string of the molecule is COc1ccc(-c2c(C)nn3c(C(F)(F)F)cc(C)nc23)cc1Cl. The number of methoxy groups -OCH3 is 1. The van der Waals surface area contributed by atoms with Gasteiger partial charge < -0.3 is 4.74 Å². The molecule has 0 atom stereocenters. The molecule has 0 unspecified atom stereocenters. The second kappa shape index (κ2) is 5.66. The van der Waals surface area contributed by atoms with Gasteiger partial charge in [0.25, 0.3) is 0 Å². The topological polar surface area (TPSA) is 39.4 Å². The fraction of sp³-hybridized carbons (Fsp3) is 0.250. The van der Waals surface area contributed by atoms with Crippen molar-refractivity contribution < 1.29 is 17.9 Å². The molecule has 0 radical (unpaired) electrons. The average molecular weight is 356 g/mol. The summed E-state index contributed by atoms with van der Waals surface area (Å²) >= 11 is 6.13. The van der Waals surface area contributed by atoms with E-state index in [1.165, 1.54) is 14.0 Å². The zero-order valence-electron chi connectivity index (χ0n) is 13.1. The first-order valence-electron chi connectivity index (χ1n) is 7.00. The van der Waals surface area contributed by atoms with Gasteiger partial charge in [-0.2, -0.15) is 18.3 Å². The smallest absolute Gasteiger partial charge is 0.433 e. The summed E-state index contributed by atoms with van der Waals surface area (Å²) in [5, 5.41) is 4.39. The highest BCUT2D eigenvalue weighted by molar-refractivity contribution is 6.32. The summed E-state index contributed by atoms with van der Waals surface area (Å²) in [7, 11) is 1.49. The Morgan fingerprint density at radius 2 is 1.88 bits per heavy atom. The van der Waals surface area contributed by atoms with E-state index in [9.17, 15) is 13.2 Å². The zero-order valence-corrected chi connectivity index (χ0v) is 13.8. The van der Waals surface area contributed by atoms with Crippen LogP contribution in [0.5, 0.6) is 5.75 Å². The number of aryl methyl sites for hydroxylation is 2. The number of rotatable bonds is 2. The number of aromatic nitrogens is 3. The molecule has 0 spiro atoms. The monoisotopic (exact) mass is 355 g/mol. The van der Waals surface area contributed by atoms with E-state index in [0.717, 1.165) is 10.6 Å². The molecule has 0 saturated heterocycles. The first kappa shape index (κ1) is 16.6. The van der Waals surface area contributed by atoms with E-state index in [1.807, 2.05) is 0 Å². The van der Waals surface area contributed by atoms with Crippen molar-refractivity contribution in [3.05, 3.63) is 46.4 Å². The highest BCUT2D eigenvalue weighted by Gasteiger charge is 2.35. The van der Waals surface area contributed by atoms with Crippen LogP contribution in [-0.2, 0) is 6.18 Å².